The lowest BCUT2D eigenvalue weighted by molar-refractivity contribution is -0.146. The molecule has 150 valence electrons. The Morgan fingerprint density at radius 1 is 1.07 bits per heavy atom. The van der Waals surface area contributed by atoms with Crippen LogP contribution >= 0.6 is 0 Å². The lowest BCUT2D eigenvalue weighted by atomic mass is 9.98. The fourth-order valence-corrected chi connectivity index (χ4v) is 3.24. The van der Waals surface area contributed by atoms with Gasteiger partial charge in [0.05, 0.1) is 11.3 Å². The van der Waals surface area contributed by atoms with Crippen molar-refractivity contribution < 1.29 is 23.9 Å². The van der Waals surface area contributed by atoms with Crippen molar-refractivity contribution in [2.45, 2.75) is 26.7 Å². The van der Waals surface area contributed by atoms with Crippen molar-refractivity contribution in [3.8, 4) is 0 Å². The highest BCUT2D eigenvalue weighted by atomic mass is 16.5. The summed E-state index contributed by atoms with van der Waals surface area (Å²) in [6, 6.07) is 12.2. The Morgan fingerprint density at radius 2 is 1.79 bits per heavy atom. The number of ketones is 1. The standard InChI is InChI=1S/C22H22N2O5/c1-13(2)15-9-6-7-14(3)20(15)23-18(25)12-29-19(26)11-24-17-10-5-4-8-16(17)21(27)22(24)28/h4-10,13H,11-12H2,1-3H3,(H,23,25). The van der Waals surface area contributed by atoms with Crippen molar-refractivity contribution in [2.75, 3.05) is 23.4 Å². The number of rotatable bonds is 6. The monoisotopic (exact) mass is 394 g/mol. The number of carbonyl (C=O) groups is 4. The van der Waals surface area contributed by atoms with E-state index in [-0.39, 0.29) is 11.5 Å². The number of nitrogens with zero attached hydrogens (tertiary/aromatic N) is 1. The Labute approximate surface area is 168 Å². The van der Waals surface area contributed by atoms with Gasteiger partial charge in [0.25, 0.3) is 17.6 Å². The van der Waals surface area contributed by atoms with Crippen LogP contribution in [0.2, 0.25) is 0 Å². The van der Waals surface area contributed by atoms with E-state index in [1.165, 1.54) is 6.07 Å². The first kappa shape index (κ1) is 20.3. The van der Waals surface area contributed by atoms with Crippen molar-refractivity contribution in [3.63, 3.8) is 0 Å². The van der Waals surface area contributed by atoms with Gasteiger partial charge in [-0.1, -0.05) is 44.2 Å². The lowest BCUT2D eigenvalue weighted by Gasteiger charge is -2.17. The highest BCUT2D eigenvalue weighted by molar-refractivity contribution is 6.52. The Balaban J connectivity index is 1.60. The number of nitrogens with one attached hydrogen (secondary N) is 1. The molecular weight excluding hydrogens is 372 g/mol. The molecule has 2 aromatic rings. The second-order valence-electron chi connectivity index (χ2n) is 7.14. The van der Waals surface area contributed by atoms with Gasteiger partial charge in [0.2, 0.25) is 0 Å². The molecule has 2 aromatic carbocycles. The summed E-state index contributed by atoms with van der Waals surface area (Å²) in [5, 5.41) is 2.79. The average Bonchev–Trinajstić information content (AvgIpc) is 2.93. The second-order valence-corrected chi connectivity index (χ2v) is 7.14. The largest absolute Gasteiger partial charge is 0.454 e. The molecule has 0 fully saturated rings. The maximum absolute atomic E-state index is 12.3. The Kier molecular flexibility index (Phi) is 5.77. The Hall–Kier alpha value is -3.48. The molecule has 7 nitrogen and oxygen atoms in total. The van der Waals surface area contributed by atoms with Crippen LogP contribution in [0.3, 0.4) is 0 Å². The van der Waals surface area contributed by atoms with Gasteiger partial charge in [0, 0.05) is 5.69 Å². The number of benzene rings is 2. The van der Waals surface area contributed by atoms with Crippen LogP contribution in [0.1, 0.15) is 41.3 Å². The Morgan fingerprint density at radius 3 is 2.52 bits per heavy atom. The van der Waals surface area contributed by atoms with Crippen molar-refractivity contribution >= 4 is 34.9 Å². The van der Waals surface area contributed by atoms with Crippen LogP contribution in [-0.4, -0.2) is 36.7 Å². The summed E-state index contributed by atoms with van der Waals surface area (Å²) in [6.45, 7) is 5.02. The maximum atomic E-state index is 12.3. The summed E-state index contributed by atoms with van der Waals surface area (Å²) >= 11 is 0. The molecule has 0 aromatic heterocycles. The quantitative estimate of drug-likeness (QED) is 0.601. The molecule has 3 rings (SSSR count). The molecule has 29 heavy (non-hydrogen) atoms. The van der Waals surface area contributed by atoms with Gasteiger partial charge in [-0.2, -0.15) is 0 Å². The van der Waals surface area contributed by atoms with Crippen LogP contribution in [0.15, 0.2) is 42.5 Å². The van der Waals surface area contributed by atoms with Crippen molar-refractivity contribution in [3.05, 3.63) is 59.2 Å². The first-order valence-electron chi connectivity index (χ1n) is 9.29. The van der Waals surface area contributed by atoms with Crippen LogP contribution in [0.5, 0.6) is 0 Å². The van der Waals surface area contributed by atoms with Gasteiger partial charge in [0.15, 0.2) is 6.61 Å². The molecule has 1 heterocycles. The summed E-state index contributed by atoms with van der Waals surface area (Å²) in [6.07, 6.45) is 0. The number of para-hydroxylation sites is 2. The number of ether oxygens (including phenoxy) is 1. The number of hydrogen-bond donors (Lipinski definition) is 1. The van der Waals surface area contributed by atoms with Gasteiger partial charge >= 0.3 is 5.97 Å². The predicted octanol–water partition coefficient (Wildman–Crippen LogP) is 2.83. The summed E-state index contributed by atoms with van der Waals surface area (Å²) in [7, 11) is 0. The molecule has 0 spiro atoms. The van der Waals surface area contributed by atoms with Gasteiger partial charge in [-0.05, 0) is 36.1 Å². The third kappa shape index (κ3) is 4.18. The first-order chi connectivity index (χ1) is 13.8. The highest BCUT2D eigenvalue weighted by Gasteiger charge is 2.36. The molecule has 0 bridgehead atoms. The number of Topliss-reactive ketones (excluding diaryl/α,β-unsaturated/α-hetero) is 1. The zero-order valence-corrected chi connectivity index (χ0v) is 16.5. The zero-order chi connectivity index (χ0) is 21.1. The van der Waals surface area contributed by atoms with E-state index in [9.17, 15) is 19.2 Å². The number of anilines is 2. The summed E-state index contributed by atoms with van der Waals surface area (Å²) in [4.78, 5) is 49.6. The number of fused-ring (bicyclic) bond motifs is 1. The first-order valence-corrected chi connectivity index (χ1v) is 9.29. The van der Waals surface area contributed by atoms with Crippen molar-refractivity contribution in [2.24, 2.45) is 0 Å². The molecule has 0 saturated heterocycles. The molecule has 0 unspecified atom stereocenters. The molecule has 1 aliphatic rings. The Bertz CT molecular complexity index is 996. The van der Waals surface area contributed by atoms with Gasteiger partial charge in [-0.25, -0.2) is 0 Å². The number of amides is 2. The van der Waals surface area contributed by atoms with Crippen molar-refractivity contribution in [1.82, 2.24) is 0 Å². The maximum Gasteiger partial charge on any atom is 0.326 e. The topological polar surface area (TPSA) is 92.8 Å². The summed E-state index contributed by atoms with van der Waals surface area (Å²) < 4.78 is 5.02. The molecule has 1 N–H and O–H groups in total. The normalized spacial score (nSPS) is 12.9. The molecule has 0 atom stereocenters. The summed E-state index contributed by atoms with van der Waals surface area (Å²) in [5.74, 6) is -2.47. The lowest BCUT2D eigenvalue weighted by Crippen LogP contribution is -2.36. The van der Waals surface area contributed by atoms with E-state index in [4.69, 9.17) is 4.74 Å². The second kappa shape index (κ2) is 8.26. The van der Waals surface area contributed by atoms with E-state index >= 15 is 0 Å². The van der Waals surface area contributed by atoms with Crippen LogP contribution in [0.4, 0.5) is 11.4 Å². The van der Waals surface area contributed by atoms with E-state index in [2.05, 4.69) is 5.32 Å². The molecule has 0 radical (unpaired) electrons. The van der Waals surface area contributed by atoms with Crippen LogP contribution in [-0.2, 0) is 19.1 Å². The SMILES string of the molecule is Cc1cccc(C(C)C)c1NC(=O)COC(=O)CN1C(=O)C(=O)c2ccccc21. The highest BCUT2D eigenvalue weighted by Crippen LogP contribution is 2.29. The molecule has 1 aliphatic heterocycles. The number of carbonyl (C=O) groups excluding carboxylic acids is 4. The summed E-state index contributed by atoms with van der Waals surface area (Å²) in [5.41, 5.74) is 3.23. The van der Waals surface area contributed by atoms with Gasteiger partial charge in [0.1, 0.15) is 6.54 Å². The smallest absolute Gasteiger partial charge is 0.326 e. The van der Waals surface area contributed by atoms with Gasteiger partial charge in [-0.15, -0.1) is 0 Å². The van der Waals surface area contributed by atoms with Crippen LogP contribution in [0, 0.1) is 6.92 Å². The van der Waals surface area contributed by atoms with Crippen LogP contribution in [0.25, 0.3) is 0 Å². The minimum Gasteiger partial charge on any atom is -0.454 e. The van der Waals surface area contributed by atoms with Gasteiger partial charge in [-0.3, -0.25) is 24.1 Å². The van der Waals surface area contributed by atoms with E-state index in [1.54, 1.807) is 18.2 Å². The fraction of sp³-hybridized carbons (Fsp3) is 0.273. The average molecular weight is 394 g/mol. The van der Waals surface area contributed by atoms with E-state index in [1.807, 2.05) is 39.0 Å². The minimum absolute atomic E-state index is 0.214. The van der Waals surface area contributed by atoms with E-state index < -0.39 is 36.7 Å². The number of hydrogen-bond acceptors (Lipinski definition) is 5. The third-order valence-corrected chi connectivity index (χ3v) is 4.72. The van der Waals surface area contributed by atoms with Crippen LogP contribution < -0.4 is 10.2 Å². The molecule has 2 amide bonds. The van der Waals surface area contributed by atoms with Crippen molar-refractivity contribution in [1.29, 1.82) is 0 Å². The van der Waals surface area contributed by atoms with E-state index in [0.717, 1.165) is 16.0 Å². The third-order valence-electron chi connectivity index (χ3n) is 4.72. The van der Waals surface area contributed by atoms with E-state index in [0.29, 0.717) is 11.4 Å². The number of esters is 1. The zero-order valence-electron chi connectivity index (χ0n) is 16.5. The molecule has 7 heteroatoms. The van der Waals surface area contributed by atoms with Gasteiger partial charge < -0.3 is 10.1 Å². The fourth-order valence-electron chi connectivity index (χ4n) is 3.24. The predicted molar refractivity (Wildman–Crippen MR) is 108 cm³/mol. The molecular formula is C22H22N2O5. The minimum atomic E-state index is -0.783. The number of aryl methyl sites for hydroxylation is 1. The molecule has 0 aliphatic carbocycles. The molecule has 0 saturated carbocycles.